The standard InChI is InChI=1S/C16H10ClF3N4O/c17-10-7-5-9(6-8-10)14(25)24-23-13-11-3-1-2-4-12(11)21-15(22-13)16(18,19)20/h1-8H,(H,24,25)(H,21,22,23). The van der Waals surface area contributed by atoms with Crippen molar-refractivity contribution >= 4 is 34.2 Å². The summed E-state index contributed by atoms with van der Waals surface area (Å²) < 4.78 is 38.8. The first-order chi connectivity index (χ1) is 11.8. The maximum Gasteiger partial charge on any atom is 0.451 e. The number of nitrogens with one attached hydrogen (secondary N) is 2. The summed E-state index contributed by atoms with van der Waals surface area (Å²) >= 11 is 5.74. The molecule has 9 heteroatoms. The van der Waals surface area contributed by atoms with Crippen LogP contribution in [0.25, 0.3) is 10.9 Å². The first-order valence-electron chi connectivity index (χ1n) is 7.00. The Kier molecular flexibility index (Phi) is 4.45. The van der Waals surface area contributed by atoms with Crippen LogP contribution in [0.3, 0.4) is 0 Å². The Morgan fingerprint density at radius 1 is 1.00 bits per heavy atom. The third kappa shape index (κ3) is 3.80. The molecule has 0 unspecified atom stereocenters. The number of halogens is 4. The van der Waals surface area contributed by atoms with E-state index in [1.54, 1.807) is 18.2 Å². The number of benzene rings is 2. The molecule has 0 radical (unpaired) electrons. The third-order valence-corrected chi connectivity index (χ3v) is 3.51. The van der Waals surface area contributed by atoms with Crippen molar-refractivity contribution in [2.24, 2.45) is 0 Å². The Hall–Kier alpha value is -2.87. The van der Waals surface area contributed by atoms with Gasteiger partial charge in [-0.25, -0.2) is 9.97 Å². The Bertz CT molecular complexity index is 929. The van der Waals surface area contributed by atoms with Crippen LogP contribution in [-0.4, -0.2) is 15.9 Å². The van der Waals surface area contributed by atoms with Crippen molar-refractivity contribution in [1.82, 2.24) is 15.4 Å². The average molecular weight is 367 g/mol. The largest absolute Gasteiger partial charge is 0.451 e. The summed E-state index contributed by atoms with van der Waals surface area (Å²) in [4.78, 5) is 19.0. The minimum atomic E-state index is -4.71. The van der Waals surface area contributed by atoms with E-state index < -0.39 is 17.9 Å². The Labute approximate surface area is 144 Å². The number of rotatable bonds is 3. The fourth-order valence-corrected chi connectivity index (χ4v) is 2.21. The van der Waals surface area contributed by atoms with Crippen LogP contribution in [0.2, 0.25) is 5.02 Å². The highest BCUT2D eigenvalue weighted by molar-refractivity contribution is 6.30. The van der Waals surface area contributed by atoms with E-state index >= 15 is 0 Å². The van der Waals surface area contributed by atoms with Gasteiger partial charge in [0.1, 0.15) is 0 Å². The second-order valence-corrected chi connectivity index (χ2v) is 5.43. The van der Waals surface area contributed by atoms with E-state index in [2.05, 4.69) is 20.8 Å². The van der Waals surface area contributed by atoms with Crippen molar-refractivity contribution in [2.45, 2.75) is 6.18 Å². The summed E-state index contributed by atoms with van der Waals surface area (Å²) in [5.41, 5.74) is 5.13. The number of nitrogens with zero attached hydrogens (tertiary/aromatic N) is 2. The van der Waals surface area contributed by atoms with Gasteiger partial charge in [0.15, 0.2) is 5.82 Å². The molecule has 1 heterocycles. The molecule has 0 aliphatic carbocycles. The molecule has 0 aliphatic rings. The van der Waals surface area contributed by atoms with Gasteiger partial charge in [0.25, 0.3) is 5.91 Å². The number of hydrazine groups is 1. The van der Waals surface area contributed by atoms with Gasteiger partial charge in [-0.05, 0) is 36.4 Å². The molecular weight excluding hydrogens is 357 g/mol. The highest BCUT2D eigenvalue weighted by Gasteiger charge is 2.35. The molecule has 0 aliphatic heterocycles. The molecule has 0 atom stereocenters. The molecule has 0 saturated heterocycles. The number of para-hydroxylation sites is 1. The number of carbonyl (C=O) groups excluding carboxylic acids is 1. The van der Waals surface area contributed by atoms with Crippen molar-refractivity contribution in [3.8, 4) is 0 Å². The van der Waals surface area contributed by atoms with Gasteiger partial charge in [-0.2, -0.15) is 13.2 Å². The zero-order chi connectivity index (χ0) is 18.0. The van der Waals surface area contributed by atoms with E-state index in [9.17, 15) is 18.0 Å². The normalized spacial score (nSPS) is 11.4. The number of hydrogen-bond donors (Lipinski definition) is 2. The van der Waals surface area contributed by atoms with Gasteiger partial charge in [0, 0.05) is 16.0 Å². The fourth-order valence-electron chi connectivity index (χ4n) is 2.09. The lowest BCUT2D eigenvalue weighted by molar-refractivity contribution is -0.144. The van der Waals surface area contributed by atoms with E-state index in [4.69, 9.17) is 11.6 Å². The molecule has 2 aromatic carbocycles. The lowest BCUT2D eigenvalue weighted by Gasteiger charge is -2.13. The van der Waals surface area contributed by atoms with Crippen LogP contribution in [0.15, 0.2) is 48.5 Å². The predicted octanol–water partition coefficient (Wildman–Crippen LogP) is 4.06. The molecule has 5 nitrogen and oxygen atoms in total. The summed E-state index contributed by atoms with van der Waals surface area (Å²) in [7, 11) is 0. The summed E-state index contributed by atoms with van der Waals surface area (Å²) in [6, 6.07) is 12.2. The van der Waals surface area contributed by atoms with Gasteiger partial charge in [0.2, 0.25) is 5.82 Å². The third-order valence-electron chi connectivity index (χ3n) is 3.26. The van der Waals surface area contributed by atoms with Crippen molar-refractivity contribution in [2.75, 3.05) is 5.43 Å². The topological polar surface area (TPSA) is 66.9 Å². The quantitative estimate of drug-likeness (QED) is 0.686. The minimum Gasteiger partial charge on any atom is -0.281 e. The van der Waals surface area contributed by atoms with Gasteiger partial charge in [-0.15, -0.1) is 0 Å². The Morgan fingerprint density at radius 2 is 1.68 bits per heavy atom. The molecule has 0 fully saturated rings. The van der Waals surface area contributed by atoms with Crippen LogP contribution in [-0.2, 0) is 6.18 Å². The molecule has 0 saturated carbocycles. The smallest absolute Gasteiger partial charge is 0.281 e. The molecule has 3 aromatic rings. The predicted molar refractivity (Wildman–Crippen MR) is 87.1 cm³/mol. The molecule has 1 amide bonds. The minimum absolute atomic E-state index is 0.105. The molecule has 0 bridgehead atoms. The molecule has 3 rings (SSSR count). The molecule has 25 heavy (non-hydrogen) atoms. The van der Waals surface area contributed by atoms with E-state index in [0.717, 1.165) is 0 Å². The molecule has 1 aromatic heterocycles. The van der Waals surface area contributed by atoms with E-state index in [0.29, 0.717) is 10.4 Å². The number of carbonyl (C=O) groups is 1. The van der Waals surface area contributed by atoms with Crippen molar-refractivity contribution in [3.63, 3.8) is 0 Å². The van der Waals surface area contributed by atoms with Crippen LogP contribution in [0.1, 0.15) is 16.2 Å². The van der Waals surface area contributed by atoms with Crippen molar-refractivity contribution in [1.29, 1.82) is 0 Å². The Balaban J connectivity index is 1.89. The zero-order valence-electron chi connectivity index (χ0n) is 12.4. The molecule has 2 N–H and O–H groups in total. The zero-order valence-corrected chi connectivity index (χ0v) is 13.2. The van der Waals surface area contributed by atoms with Crippen LogP contribution < -0.4 is 10.9 Å². The molecule has 0 spiro atoms. The lowest BCUT2D eigenvalue weighted by Crippen LogP contribution is -2.30. The van der Waals surface area contributed by atoms with Crippen LogP contribution in [0.4, 0.5) is 19.0 Å². The molecular formula is C16H10ClF3N4O. The maximum atomic E-state index is 12.9. The van der Waals surface area contributed by atoms with E-state index in [-0.39, 0.29) is 16.9 Å². The lowest BCUT2D eigenvalue weighted by atomic mass is 10.2. The summed E-state index contributed by atoms with van der Waals surface area (Å²) in [6.07, 6.45) is -4.71. The fraction of sp³-hybridized carbons (Fsp3) is 0.0625. The van der Waals surface area contributed by atoms with Crippen molar-refractivity contribution in [3.05, 3.63) is 64.9 Å². The first kappa shape index (κ1) is 17.0. The molecule has 128 valence electrons. The van der Waals surface area contributed by atoms with Crippen LogP contribution in [0, 0.1) is 0 Å². The Morgan fingerprint density at radius 3 is 2.36 bits per heavy atom. The number of hydrogen-bond acceptors (Lipinski definition) is 4. The van der Waals surface area contributed by atoms with Crippen molar-refractivity contribution < 1.29 is 18.0 Å². The number of alkyl halides is 3. The van der Waals surface area contributed by atoms with Crippen LogP contribution >= 0.6 is 11.6 Å². The maximum absolute atomic E-state index is 12.9. The summed E-state index contributed by atoms with van der Waals surface area (Å²) in [5.74, 6) is -2.00. The number of amides is 1. The van der Waals surface area contributed by atoms with Gasteiger partial charge in [-0.3, -0.25) is 15.6 Å². The number of aromatic nitrogens is 2. The highest BCUT2D eigenvalue weighted by atomic mass is 35.5. The van der Waals surface area contributed by atoms with E-state index in [1.165, 1.54) is 30.3 Å². The SMILES string of the molecule is O=C(NNc1nc(C(F)(F)F)nc2ccccc12)c1ccc(Cl)cc1. The highest BCUT2D eigenvalue weighted by Crippen LogP contribution is 2.30. The summed E-state index contributed by atoms with van der Waals surface area (Å²) in [6.45, 7) is 0. The van der Waals surface area contributed by atoms with Gasteiger partial charge < -0.3 is 0 Å². The summed E-state index contributed by atoms with van der Waals surface area (Å²) in [5, 5.41) is 0.799. The van der Waals surface area contributed by atoms with Gasteiger partial charge in [-0.1, -0.05) is 23.7 Å². The first-order valence-corrected chi connectivity index (χ1v) is 7.38. The van der Waals surface area contributed by atoms with Crippen LogP contribution in [0.5, 0.6) is 0 Å². The number of fused-ring (bicyclic) bond motifs is 1. The number of anilines is 1. The second kappa shape index (κ2) is 6.56. The average Bonchev–Trinajstić information content (AvgIpc) is 2.59. The van der Waals surface area contributed by atoms with Gasteiger partial charge >= 0.3 is 6.18 Å². The van der Waals surface area contributed by atoms with Gasteiger partial charge in [0.05, 0.1) is 5.52 Å². The monoisotopic (exact) mass is 366 g/mol. The second-order valence-electron chi connectivity index (χ2n) is 5.00. The van der Waals surface area contributed by atoms with E-state index in [1.807, 2.05) is 0 Å².